The molecule has 1 fully saturated rings. The van der Waals surface area contributed by atoms with Gasteiger partial charge in [0.1, 0.15) is 5.82 Å². The minimum atomic E-state index is -3.37. The molecule has 5 nitrogen and oxygen atoms in total. The van der Waals surface area contributed by atoms with E-state index in [9.17, 15) is 12.8 Å². The molecule has 1 aliphatic heterocycles. The molecule has 1 aliphatic rings. The Hall–Kier alpha value is -1.35. The van der Waals surface area contributed by atoms with Crippen LogP contribution < -0.4 is 0 Å². The molecule has 0 saturated carbocycles. The summed E-state index contributed by atoms with van der Waals surface area (Å²) in [5.41, 5.74) is 1.65. The van der Waals surface area contributed by atoms with Gasteiger partial charge in [0.15, 0.2) is 0 Å². The van der Waals surface area contributed by atoms with Crippen molar-refractivity contribution in [3.05, 3.63) is 51.7 Å². The number of aryl methyl sites for hydroxylation is 1. The fourth-order valence-corrected chi connectivity index (χ4v) is 4.88. The zero-order valence-electron chi connectivity index (χ0n) is 13.5. The van der Waals surface area contributed by atoms with Crippen molar-refractivity contribution in [3.8, 4) is 0 Å². The van der Waals surface area contributed by atoms with Crippen molar-refractivity contribution in [2.45, 2.75) is 19.2 Å². The summed E-state index contributed by atoms with van der Waals surface area (Å²) in [6.07, 6.45) is 0. The van der Waals surface area contributed by atoms with Gasteiger partial charge in [0.25, 0.3) is 0 Å². The van der Waals surface area contributed by atoms with Crippen LogP contribution in [-0.4, -0.2) is 48.8 Å². The zero-order valence-corrected chi connectivity index (χ0v) is 15.1. The normalized spacial score (nSPS) is 17.2. The van der Waals surface area contributed by atoms with E-state index in [-0.39, 0.29) is 11.6 Å². The average Bonchev–Trinajstić information content (AvgIpc) is 2.95. The van der Waals surface area contributed by atoms with Crippen molar-refractivity contribution in [2.24, 2.45) is 0 Å². The molecular weight excluding hydrogens is 349 g/mol. The van der Waals surface area contributed by atoms with Crippen molar-refractivity contribution in [1.82, 2.24) is 14.2 Å². The maximum Gasteiger partial charge on any atom is 0.218 e. The molecule has 8 heteroatoms. The largest absolute Gasteiger partial charge is 0.295 e. The van der Waals surface area contributed by atoms with E-state index in [0.29, 0.717) is 31.7 Å². The summed E-state index contributed by atoms with van der Waals surface area (Å²) in [6, 6.07) is 5.62. The first-order valence-corrected chi connectivity index (χ1v) is 10.3. The number of hydrogen-bond acceptors (Lipinski definition) is 5. The lowest BCUT2D eigenvalue weighted by Gasteiger charge is -2.33. The number of hydrogen-bond donors (Lipinski definition) is 0. The van der Waals surface area contributed by atoms with Gasteiger partial charge < -0.3 is 0 Å². The topological polar surface area (TPSA) is 53.5 Å². The number of nitrogens with zero attached hydrogens (tertiary/aromatic N) is 3. The van der Waals surface area contributed by atoms with Crippen LogP contribution in [0.25, 0.3) is 0 Å². The third kappa shape index (κ3) is 4.38. The summed E-state index contributed by atoms with van der Waals surface area (Å²) in [6.45, 7) is 5.09. The molecule has 0 atom stereocenters. The van der Waals surface area contributed by atoms with Crippen LogP contribution in [0.15, 0.2) is 29.6 Å². The lowest BCUT2D eigenvalue weighted by molar-refractivity contribution is 0.180. The standard InChI is InChI=1S/C16H20FN3O2S2/c1-13-18-16(11-23-13)10-19-6-8-20(9-7-19)24(21,22)12-14-2-4-15(17)5-3-14/h2-5,11H,6-10,12H2,1H3. The molecule has 2 heterocycles. The van der Waals surface area contributed by atoms with Gasteiger partial charge in [-0.05, 0) is 24.6 Å². The van der Waals surface area contributed by atoms with Gasteiger partial charge in [0, 0.05) is 38.1 Å². The Morgan fingerprint density at radius 1 is 1.17 bits per heavy atom. The Kier molecular flexibility index (Phi) is 5.29. The Morgan fingerprint density at radius 2 is 1.83 bits per heavy atom. The van der Waals surface area contributed by atoms with Gasteiger partial charge in [-0.15, -0.1) is 11.3 Å². The van der Waals surface area contributed by atoms with Crippen LogP contribution in [-0.2, 0) is 22.3 Å². The monoisotopic (exact) mass is 369 g/mol. The van der Waals surface area contributed by atoms with E-state index in [2.05, 4.69) is 9.88 Å². The van der Waals surface area contributed by atoms with E-state index < -0.39 is 10.0 Å². The highest BCUT2D eigenvalue weighted by Crippen LogP contribution is 2.16. The predicted molar refractivity (Wildman–Crippen MR) is 92.7 cm³/mol. The van der Waals surface area contributed by atoms with Gasteiger partial charge in [-0.2, -0.15) is 4.31 Å². The van der Waals surface area contributed by atoms with Gasteiger partial charge in [0.05, 0.1) is 16.5 Å². The first-order valence-electron chi connectivity index (χ1n) is 7.78. The fourth-order valence-electron chi connectivity index (χ4n) is 2.76. The summed E-state index contributed by atoms with van der Waals surface area (Å²) in [5.74, 6) is -0.444. The molecule has 0 spiro atoms. The number of rotatable bonds is 5. The molecule has 24 heavy (non-hydrogen) atoms. The molecule has 0 unspecified atom stereocenters. The summed E-state index contributed by atoms with van der Waals surface area (Å²) in [5, 5.41) is 3.10. The molecule has 0 radical (unpaired) electrons. The SMILES string of the molecule is Cc1nc(CN2CCN(S(=O)(=O)Cc3ccc(F)cc3)CC2)cs1. The van der Waals surface area contributed by atoms with Crippen molar-refractivity contribution in [3.63, 3.8) is 0 Å². The van der Waals surface area contributed by atoms with Crippen LogP contribution in [0, 0.1) is 12.7 Å². The average molecular weight is 369 g/mol. The minimum Gasteiger partial charge on any atom is -0.295 e. The maximum atomic E-state index is 12.9. The van der Waals surface area contributed by atoms with E-state index in [0.717, 1.165) is 17.2 Å². The third-order valence-corrected chi connectivity index (χ3v) is 6.71. The molecule has 1 aromatic carbocycles. The maximum absolute atomic E-state index is 12.9. The molecule has 1 aromatic heterocycles. The molecule has 0 bridgehead atoms. The second-order valence-corrected chi connectivity index (χ2v) is 8.95. The molecule has 2 aromatic rings. The molecule has 0 aliphatic carbocycles. The van der Waals surface area contributed by atoms with Crippen molar-refractivity contribution >= 4 is 21.4 Å². The highest BCUT2D eigenvalue weighted by Gasteiger charge is 2.27. The van der Waals surface area contributed by atoms with Gasteiger partial charge in [-0.3, -0.25) is 4.90 Å². The van der Waals surface area contributed by atoms with Crippen LogP contribution in [0.4, 0.5) is 4.39 Å². The van der Waals surface area contributed by atoms with Gasteiger partial charge in [-0.1, -0.05) is 12.1 Å². The highest BCUT2D eigenvalue weighted by molar-refractivity contribution is 7.88. The van der Waals surface area contributed by atoms with Crippen LogP contribution in [0.5, 0.6) is 0 Å². The van der Waals surface area contributed by atoms with Gasteiger partial charge >= 0.3 is 0 Å². The first-order chi connectivity index (χ1) is 11.4. The number of halogens is 1. The number of piperazine rings is 1. The van der Waals surface area contributed by atoms with Crippen molar-refractivity contribution < 1.29 is 12.8 Å². The minimum absolute atomic E-state index is 0.0848. The number of benzene rings is 1. The van der Waals surface area contributed by atoms with E-state index in [1.165, 1.54) is 28.6 Å². The van der Waals surface area contributed by atoms with Crippen LogP contribution in [0.3, 0.4) is 0 Å². The smallest absolute Gasteiger partial charge is 0.218 e. The van der Waals surface area contributed by atoms with E-state index in [1.807, 2.05) is 12.3 Å². The molecule has 0 amide bonds. The molecule has 1 saturated heterocycles. The highest BCUT2D eigenvalue weighted by atomic mass is 32.2. The predicted octanol–water partition coefficient (Wildman–Crippen LogP) is 2.24. The summed E-state index contributed by atoms with van der Waals surface area (Å²) in [4.78, 5) is 6.67. The first kappa shape index (κ1) is 17.5. The van der Waals surface area contributed by atoms with Crippen molar-refractivity contribution in [2.75, 3.05) is 26.2 Å². The Morgan fingerprint density at radius 3 is 2.42 bits per heavy atom. The van der Waals surface area contributed by atoms with Crippen LogP contribution >= 0.6 is 11.3 Å². The van der Waals surface area contributed by atoms with Gasteiger partial charge in [-0.25, -0.2) is 17.8 Å². The fraction of sp³-hybridized carbons (Fsp3) is 0.438. The Labute approximate surface area is 145 Å². The van der Waals surface area contributed by atoms with Crippen LogP contribution in [0.2, 0.25) is 0 Å². The summed E-state index contributed by atoms with van der Waals surface area (Å²) < 4.78 is 39.5. The summed E-state index contributed by atoms with van der Waals surface area (Å²) >= 11 is 1.63. The van der Waals surface area contributed by atoms with Crippen LogP contribution in [0.1, 0.15) is 16.3 Å². The molecule has 3 rings (SSSR count). The van der Waals surface area contributed by atoms with E-state index in [4.69, 9.17) is 0 Å². The molecule has 130 valence electrons. The second kappa shape index (κ2) is 7.26. The summed E-state index contributed by atoms with van der Waals surface area (Å²) in [7, 11) is -3.37. The molecule has 0 N–H and O–H groups in total. The van der Waals surface area contributed by atoms with E-state index >= 15 is 0 Å². The number of aromatic nitrogens is 1. The zero-order chi connectivity index (χ0) is 17.2. The number of thiazole rings is 1. The lowest BCUT2D eigenvalue weighted by Crippen LogP contribution is -2.48. The lowest BCUT2D eigenvalue weighted by atomic mass is 10.2. The molecular formula is C16H20FN3O2S2. The Bertz CT molecular complexity index is 782. The third-order valence-electron chi connectivity index (χ3n) is 4.04. The quantitative estimate of drug-likeness (QED) is 0.811. The van der Waals surface area contributed by atoms with E-state index in [1.54, 1.807) is 11.3 Å². The number of sulfonamides is 1. The Balaban J connectivity index is 1.56. The van der Waals surface area contributed by atoms with Crippen molar-refractivity contribution in [1.29, 1.82) is 0 Å². The van der Waals surface area contributed by atoms with Gasteiger partial charge in [0.2, 0.25) is 10.0 Å². The second-order valence-electron chi connectivity index (χ2n) is 5.92.